The van der Waals surface area contributed by atoms with Crippen LogP contribution in [0.1, 0.15) is 46.5 Å². The van der Waals surface area contributed by atoms with E-state index < -0.39 is 35.6 Å². The number of ether oxygens (including phenoxy) is 2. The molecule has 0 unspecified atom stereocenters. The quantitative estimate of drug-likeness (QED) is 0.527. The molecule has 6 nitrogen and oxygen atoms in total. The molecular weight excluding hydrogens is 324 g/mol. The largest absolute Gasteiger partial charge is 0.393 e. The first-order valence-corrected chi connectivity index (χ1v) is 9.17. The third-order valence-corrected chi connectivity index (χ3v) is 5.85. The molecular formula is C19H30O6. The Morgan fingerprint density at radius 1 is 1.28 bits per heavy atom. The van der Waals surface area contributed by atoms with Crippen molar-refractivity contribution in [1.82, 2.24) is 0 Å². The topological polar surface area (TPSA) is 103 Å². The molecule has 0 bridgehead atoms. The Labute approximate surface area is 148 Å². The van der Waals surface area contributed by atoms with Gasteiger partial charge in [-0.15, -0.1) is 0 Å². The Bertz CT molecular complexity index is 568. The smallest absolute Gasteiger partial charge is 0.130 e. The average molecular weight is 354 g/mol. The normalized spacial score (nSPS) is 40.8. The standard InChI is InChI=1S/C19H30O6/c1-4-11(21)7-5-6-8-12-13(10-20)16-19(17(25-19)15(12)23)9-14(22)18(2,3)24-16/h6,8,11,14-17,20-23H,4-5,7,9-10H2,1-3H3/b8-6+/t11-,14+,15-,16+,17+,19-/m1/s1. The minimum Gasteiger partial charge on any atom is -0.393 e. The molecule has 0 aromatic carbocycles. The Morgan fingerprint density at radius 3 is 2.64 bits per heavy atom. The summed E-state index contributed by atoms with van der Waals surface area (Å²) in [4.78, 5) is 0. The number of hydrogen-bond acceptors (Lipinski definition) is 6. The van der Waals surface area contributed by atoms with Gasteiger partial charge in [-0.25, -0.2) is 0 Å². The van der Waals surface area contributed by atoms with Crippen molar-refractivity contribution in [2.45, 2.75) is 88.2 Å². The van der Waals surface area contributed by atoms with Crippen molar-refractivity contribution in [3.63, 3.8) is 0 Å². The maximum Gasteiger partial charge on any atom is 0.130 e. The fraction of sp³-hybridized carbons (Fsp3) is 0.789. The summed E-state index contributed by atoms with van der Waals surface area (Å²) < 4.78 is 11.9. The number of epoxide rings is 1. The van der Waals surface area contributed by atoms with Gasteiger partial charge in [-0.2, -0.15) is 0 Å². The van der Waals surface area contributed by atoms with Crippen molar-refractivity contribution in [2.24, 2.45) is 0 Å². The van der Waals surface area contributed by atoms with E-state index >= 15 is 0 Å². The van der Waals surface area contributed by atoms with Crippen molar-refractivity contribution in [2.75, 3.05) is 6.61 Å². The van der Waals surface area contributed by atoms with E-state index in [1.807, 2.05) is 32.9 Å². The number of hydrogen-bond donors (Lipinski definition) is 4. The molecule has 3 aliphatic rings. The summed E-state index contributed by atoms with van der Waals surface area (Å²) in [6.45, 7) is 5.35. The molecule has 0 saturated carbocycles. The predicted molar refractivity (Wildman–Crippen MR) is 92.0 cm³/mol. The fourth-order valence-corrected chi connectivity index (χ4v) is 4.00. The maximum absolute atomic E-state index is 10.7. The molecule has 25 heavy (non-hydrogen) atoms. The lowest BCUT2D eigenvalue weighted by molar-refractivity contribution is -0.190. The van der Waals surface area contributed by atoms with Crippen LogP contribution in [0.3, 0.4) is 0 Å². The number of aliphatic hydroxyl groups is 4. The van der Waals surface area contributed by atoms with E-state index in [-0.39, 0.29) is 12.7 Å². The SMILES string of the molecule is CC[C@@H](O)CC/C=C/C1=C(CO)[C@@H]2OC(C)(C)[C@@H](O)C[C@@]23O[C@H]3[C@@H]1O. The average Bonchev–Trinajstić information content (AvgIpc) is 3.29. The Balaban J connectivity index is 1.83. The fourth-order valence-electron chi connectivity index (χ4n) is 4.00. The van der Waals surface area contributed by atoms with Crippen molar-refractivity contribution < 1.29 is 29.9 Å². The van der Waals surface area contributed by atoms with Gasteiger partial charge in [-0.1, -0.05) is 19.1 Å². The highest BCUT2D eigenvalue weighted by atomic mass is 16.7. The lowest BCUT2D eigenvalue weighted by Crippen LogP contribution is -2.59. The van der Waals surface area contributed by atoms with E-state index in [4.69, 9.17) is 9.47 Å². The number of rotatable bonds is 6. The van der Waals surface area contributed by atoms with Crippen molar-refractivity contribution in [1.29, 1.82) is 0 Å². The molecule has 2 saturated heterocycles. The van der Waals surface area contributed by atoms with Crippen LogP contribution in [-0.2, 0) is 9.47 Å². The third kappa shape index (κ3) is 3.20. The van der Waals surface area contributed by atoms with E-state index in [2.05, 4.69) is 0 Å². The van der Waals surface area contributed by atoms with Gasteiger partial charge in [0, 0.05) is 6.42 Å². The first-order valence-electron chi connectivity index (χ1n) is 9.17. The molecule has 6 heteroatoms. The zero-order chi connectivity index (χ0) is 18.4. The van der Waals surface area contributed by atoms with Crippen LogP contribution >= 0.6 is 0 Å². The molecule has 6 atom stereocenters. The van der Waals surface area contributed by atoms with Gasteiger partial charge in [0.2, 0.25) is 0 Å². The second-order valence-corrected chi connectivity index (χ2v) is 7.94. The Morgan fingerprint density at radius 2 is 2.00 bits per heavy atom. The zero-order valence-electron chi connectivity index (χ0n) is 15.2. The Hall–Kier alpha value is -0.760. The molecule has 142 valence electrons. The minimum absolute atomic E-state index is 0.233. The highest BCUT2D eigenvalue weighted by molar-refractivity contribution is 5.44. The van der Waals surface area contributed by atoms with Gasteiger partial charge >= 0.3 is 0 Å². The second kappa shape index (κ2) is 6.76. The van der Waals surface area contributed by atoms with Crippen LogP contribution in [0.2, 0.25) is 0 Å². The summed E-state index contributed by atoms with van der Waals surface area (Å²) in [5.74, 6) is 0. The summed E-state index contributed by atoms with van der Waals surface area (Å²) in [6.07, 6.45) is 3.43. The lowest BCUT2D eigenvalue weighted by Gasteiger charge is -2.46. The monoisotopic (exact) mass is 354 g/mol. The van der Waals surface area contributed by atoms with Gasteiger partial charge < -0.3 is 29.9 Å². The molecule has 0 amide bonds. The molecule has 1 aliphatic carbocycles. The van der Waals surface area contributed by atoms with E-state index in [1.165, 1.54) is 0 Å². The highest BCUT2D eigenvalue weighted by Crippen LogP contribution is 2.57. The van der Waals surface area contributed by atoms with Gasteiger partial charge in [0.25, 0.3) is 0 Å². The summed E-state index contributed by atoms with van der Waals surface area (Å²) in [7, 11) is 0. The third-order valence-electron chi connectivity index (χ3n) is 5.85. The van der Waals surface area contributed by atoms with Crippen LogP contribution in [0, 0.1) is 0 Å². The van der Waals surface area contributed by atoms with Gasteiger partial charge in [0.15, 0.2) is 0 Å². The van der Waals surface area contributed by atoms with E-state index in [0.717, 1.165) is 0 Å². The second-order valence-electron chi connectivity index (χ2n) is 7.94. The minimum atomic E-state index is -0.845. The van der Waals surface area contributed by atoms with Crippen LogP contribution in [-0.4, -0.2) is 68.8 Å². The summed E-state index contributed by atoms with van der Waals surface area (Å²) in [5, 5.41) is 40.5. The Kier molecular flexibility index (Phi) is 5.14. The molecule has 2 fully saturated rings. The van der Waals surface area contributed by atoms with E-state index in [0.29, 0.717) is 36.8 Å². The number of allylic oxidation sites excluding steroid dienone is 1. The van der Waals surface area contributed by atoms with Gasteiger partial charge in [-0.05, 0) is 44.3 Å². The maximum atomic E-state index is 10.7. The predicted octanol–water partition coefficient (Wildman–Crippen LogP) is 0.823. The molecule has 3 rings (SSSR count). The van der Waals surface area contributed by atoms with Gasteiger partial charge in [0.1, 0.15) is 23.9 Å². The van der Waals surface area contributed by atoms with Crippen molar-refractivity contribution >= 4 is 0 Å². The van der Waals surface area contributed by atoms with Crippen LogP contribution < -0.4 is 0 Å². The summed E-state index contributed by atoms with van der Waals surface area (Å²) >= 11 is 0. The van der Waals surface area contributed by atoms with Gasteiger partial charge in [0.05, 0.1) is 24.4 Å². The van der Waals surface area contributed by atoms with Gasteiger partial charge in [-0.3, -0.25) is 0 Å². The van der Waals surface area contributed by atoms with Crippen LogP contribution in [0.15, 0.2) is 23.3 Å². The molecule has 2 aliphatic heterocycles. The van der Waals surface area contributed by atoms with Crippen LogP contribution in [0.25, 0.3) is 0 Å². The zero-order valence-corrected chi connectivity index (χ0v) is 15.2. The molecule has 0 radical (unpaired) electrons. The van der Waals surface area contributed by atoms with Crippen molar-refractivity contribution in [3.8, 4) is 0 Å². The number of aliphatic hydroxyl groups excluding tert-OH is 4. The molecule has 0 aromatic rings. The van der Waals surface area contributed by atoms with Crippen molar-refractivity contribution in [3.05, 3.63) is 23.3 Å². The van der Waals surface area contributed by atoms with Crippen LogP contribution in [0.5, 0.6) is 0 Å². The van der Waals surface area contributed by atoms with E-state index in [1.54, 1.807) is 0 Å². The lowest BCUT2D eigenvalue weighted by atomic mass is 9.73. The first kappa shape index (κ1) is 19.0. The molecule has 4 N–H and O–H groups in total. The van der Waals surface area contributed by atoms with E-state index in [9.17, 15) is 20.4 Å². The summed E-state index contributed by atoms with van der Waals surface area (Å²) in [6, 6.07) is 0. The summed E-state index contributed by atoms with van der Waals surface area (Å²) in [5.41, 5.74) is -0.227. The molecule has 0 aromatic heterocycles. The van der Waals surface area contributed by atoms with Crippen LogP contribution in [0.4, 0.5) is 0 Å². The molecule has 1 spiro atoms. The first-order chi connectivity index (χ1) is 11.8. The molecule has 2 heterocycles. The highest BCUT2D eigenvalue weighted by Gasteiger charge is 2.72.